The lowest BCUT2D eigenvalue weighted by molar-refractivity contribution is -0.117. The molecule has 1 unspecified atom stereocenters. The lowest BCUT2D eigenvalue weighted by atomic mass is 10.1. The van der Waals surface area contributed by atoms with Gasteiger partial charge in [0, 0.05) is 36.7 Å². The third-order valence-electron chi connectivity index (χ3n) is 4.99. The molecular formula is C23H28N2O3. The molecule has 1 heterocycles. The lowest BCUT2D eigenvalue weighted by Crippen LogP contribution is -2.31. The van der Waals surface area contributed by atoms with Crippen LogP contribution in [0.15, 0.2) is 48.5 Å². The zero-order valence-electron chi connectivity index (χ0n) is 16.6. The van der Waals surface area contributed by atoms with Gasteiger partial charge in [0.1, 0.15) is 5.75 Å². The fourth-order valence-corrected chi connectivity index (χ4v) is 3.27. The van der Waals surface area contributed by atoms with Crippen LogP contribution in [0.4, 0.5) is 5.69 Å². The fourth-order valence-electron chi connectivity index (χ4n) is 3.27. The Morgan fingerprint density at radius 3 is 2.54 bits per heavy atom. The number of aryl methyl sites for hydroxylation is 1. The molecule has 1 atom stereocenters. The fraction of sp³-hybridized carbons (Fsp3) is 0.391. The lowest BCUT2D eigenvalue weighted by Gasteiger charge is -2.17. The van der Waals surface area contributed by atoms with E-state index in [9.17, 15) is 9.59 Å². The molecule has 1 aliphatic heterocycles. The molecule has 1 saturated heterocycles. The summed E-state index contributed by atoms with van der Waals surface area (Å²) in [6.07, 6.45) is 2.56. The number of amides is 2. The standard InChI is InChI=1S/C23H28N2O3/c1-3-4-13-28-21-11-7-19(8-12-21)23(27)24-15-18-14-22(26)25(16-18)20-9-5-17(2)6-10-20/h5-12,18H,3-4,13-16H2,1-2H3,(H,24,27). The zero-order chi connectivity index (χ0) is 19.9. The largest absolute Gasteiger partial charge is 0.494 e. The van der Waals surface area contributed by atoms with E-state index in [2.05, 4.69) is 12.2 Å². The number of nitrogens with one attached hydrogen (secondary N) is 1. The van der Waals surface area contributed by atoms with Crippen LogP contribution >= 0.6 is 0 Å². The first-order valence-electron chi connectivity index (χ1n) is 9.95. The number of carbonyl (C=O) groups excluding carboxylic acids is 2. The van der Waals surface area contributed by atoms with Gasteiger partial charge in [0.2, 0.25) is 5.91 Å². The smallest absolute Gasteiger partial charge is 0.251 e. The summed E-state index contributed by atoms with van der Waals surface area (Å²) in [6, 6.07) is 15.1. The molecule has 0 saturated carbocycles. The average molecular weight is 380 g/mol. The van der Waals surface area contributed by atoms with E-state index in [1.807, 2.05) is 43.3 Å². The third-order valence-corrected chi connectivity index (χ3v) is 4.99. The van der Waals surface area contributed by atoms with Gasteiger partial charge in [-0.25, -0.2) is 0 Å². The molecule has 1 fully saturated rings. The van der Waals surface area contributed by atoms with Gasteiger partial charge in [-0.3, -0.25) is 9.59 Å². The summed E-state index contributed by atoms with van der Waals surface area (Å²) in [5.41, 5.74) is 2.69. The molecule has 5 nitrogen and oxygen atoms in total. The van der Waals surface area contributed by atoms with E-state index in [-0.39, 0.29) is 17.7 Å². The van der Waals surface area contributed by atoms with Crippen molar-refractivity contribution in [2.75, 3.05) is 24.6 Å². The topological polar surface area (TPSA) is 58.6 Å². The molecule has 0 radical (unpaired) electrons. The van der Waals surface area contributed by atoms with E-state index < -0.39 is 0 Å². The summed E-state index contributed by atoms with van der Waals surface area (Å²) in [4.78, 5) is 26.5. The van der Waals surface area contributed by atoms with E-state index >= 15 is 0 Å². The van der Waals surface area contributed by atoms with Crippen molar-refractivity contribution in [3.05, 3.63) is 59.7 Å². The van der Waals surface area contributed by atoms with Gasteiger partial charge < -0.3 is 15.0 Å². The Morgan fingerprint density at radius 2 is 1.86 bits per heavy atom. The van der Waals surface area contributed by atoms with Gasteiger partial charge in [0.15, 0.2) is 0 Å². The predicted octanol–water partition coefficient (Wildman–Crippen LogP) is 3.96. The molecule has 2 aromatic rings. The van der Waals surface area contributed by atoms with Crippen LogP contribution in [0.25, 0.3) is 0 Å². The monoisotopic (exact) mass is 380 g/mol. The molecule has 5 heteroatoms. The molecule has 2 aromatic carbocycles. The summed E-state index contributed by atoms with van der Waals surface area (Å²) in [5, 5.41) is 2.96. The minimum Gasteiger partial charge on any atom is -0.494 e. The second-order valence-electron chi connectivity index (χ2n) is 7.35. The predicted molar refractivity (Wildman–Crippen MR) is 111 cm³/mol. The number of nitrogens with zero attached hydrogens (tertiary/aromatic N) is 1. The minimum atomic E-state index is -0.124. The van der Waals surface area contributed by atoms with Crippen molar-refractivity contribution in [1.29, 1.82) is 0 Å². The van der Waals surface area contributed by atoms with Crippen molar-refractivity contribution in [3.8, 4) is 5.75 Å². The highest BCUT2D eigenvalue weighted by Crippen LogP contribution is 2.25. The Labute approximate surface area is 166 Å². The van der Waals surface area contributed by atoms with Gasteiger partial charge >= 0.3 is 0 Å². The van der Waals surface area contributed by atoms with Crippen LogP contribution < -0.4 is 15.0 Å². The van der Waals surface area contributed by atoms with Crippen molar-refractivity contribution in [2.24, 2.45) is 5.92 Å². The molecule has 0 spiro atoms. The van der Waals surface area contributed by atoms with Crippen molar-refractivity contribution in [3.63, 3.8) is 0 Å². The molecule has 0 bridgehead atoms. The number of rotatable bonds is 8. The van der Waals surface area contributed by atoms with Gasteiger partial charge in [-0.05, 0) is 49.7 Å². The summed E-state index contributed by atoms with van der Waals surface area (Å²) in [7, 11) is 0. The van der Waals surface area contributed by atoms with Gasteiger partial charge in [-0.1, -0.05) is 31.0 Å². The molecule has 0 aromatic heterocycles. The Hall–Kier alpha value is -2.82. The van der Waals surface area contributed by atoms with Crippen LogP contribution in [0.5, 0.6) is 5.75 Å². The maximum absolute atomic E-state index is 12.4. The van der Waals surface area contributed by atoms with Gasteiger partial charge in [-0.2, -0.15) is 0 Å². The Bertz CT molecular complexity index is 800. The molecule has 1 aliphatic rings. The number of unbranched alkanes of at least 4 members (excludes halogenated alkanes) is 1. The SMILES string of the molecule is CCCCOc1ccc(C(=O)NCC2CC(=O)N(c3ccc(C)cc3)C2)cc1. The maximum Gasteiger partial charge on any atom is 0.251 e. The summed E-state index contributed by atoms with van der Waals surface area (Å²) in [5.74, 6) is 0.882. The molecule has 0 aliphatic carbocycles. The van der Waals surface area contributed by atoms with Crippen LogP contribution in [0, 0.1) is 12.8 Å². The summed E-state index contributed by atoms with van der Waals surface area (Å²) >= 11 is 0. The molecule has 148 valence electrons. The highest BCUT2D eigenvalue weighted by molar-refractivity contribution is 5.96. The molecular weight excluding hydrogens is 352 g/mol. The highest BCUT2D eigenvalue weighted by Gasteiger charge is 2.30. The average Bonchev–Trinajstić information content (AvgIpc) is 3.08. The van der Waals surface area contributed by atoms with Crippen LogP contribution in [0.3, 0.4) is 0 Å². The second kappa shape index (κ2) is 9.40. The number of anilines is 1. The number of benzene rings is 2. The first kappa shape index (κ1) is 19.9. The quantitative estimate of drug-likeness (QED) is 0.705. The summed E-state index contributed by atoms with van der Waals surface area (Å²) in [6.45, 7) is 5.95. The molecule has 2 amide bonds. The van der Waals surface area contributed by atoms with E-state index in [0.29, 0.717) is 31.7 Å². The number of carbonyl (C=O) groups is 2. The van der Waals surface area contributed by atoms with Crippen LogP contribution in [-0.2, 0) is 4.79 Å². The van der Waals surface area contributed by atoms with Crippen molar-refractivity contribution in [1.82, 2.24) is 5.32 Å². The van der Waals surface area contributed by atoms with E-state index in [0.717, 1.165) is 24.3 Å². The number of hydrogen-bond acceptors (Lipinski definition) is 3. The number of hydrogen-bond donors (Lipinski definition) is 1. The van der Waals surface area contributed by atoms with Gasteiger partial charge in [0.25, 0.3) is 5.91 Å². The zero-order valence-corrected chi connectivity index (χ0v) is 16.6. The third kappa shape index (κ3) is 5.12. The highest BCUT2D eigenvalue weighted by atomic mass is 16.5. The maximum atomic E-state index is 12.4. The molecule has 3 rings (SSSR count). The van der Waals surface area contributed by atoms with Crippen molar-refractivity contribution in [2.45, 2.75) is 33.1 Å². The second-order valence-corrected chi connectivity index (χ2v) is 7.35. The van der Waals surface area contributed by atoms with Gasteiger partial charge in [0.05, 0.1) is 6.61 Å². The van der Waals surface area contributed by atoms with E-state index in [1.165, 1.54) is 5.56 Å². The number of ether oxygens (including phenoxy) is 1. The first-order chi connectivity index (χ1) is 13.6. The van der Waals surface area contributed by atoms with Crippen LogP contribution in [-0.4, -0.2) is 31.5 Å². The molecule has 28 heavy (non-hydrogen) atoms. The van der Waals surface area contributed by atoms with Gasteiger partial charge in [-0.15, -0.1) is 0 Å². The van der Waals surface area contributed by atoms with Crippen LogP contribution in [0.1, 0.15) is 42.1 Å². The van der Waals surface area contributed by atoms with Crippen molar-refractivity contribution >= 4 is 17.5 Å². The minimum absolute atomic E-state index is 0.108. The molecule has 1 N–H and O–H groups in total. The van der Waals surface area contributed by atoms with Crippen molar-refractivity contribution < 1.29 is 14.3 Å². The Kier molecular flexibility index (Phi) is 6.69. The summed E-state index contributed by atoms with van der Waals surface area (Å²) < 4.78 is 5.62. The Balaban J connectivity index is 1.49. The normalized spacial score (nSPS) is 16.3. The van der Waals surface area contributed by atoms with E-state index in [1.54, 1.807) is 17.0 Å². The first-order valence-corrected chi connectivity index (χ1v) is 9.95. The van der Waals surface area contributed by atoms with Crippen LogP contribution in [0.2, 0.25) is 0 Å². The Morgan fingerprint density at radius 1 is 1.14 bits per heavy atom. The van der Waals surface area contributed by atoms with E-state index in [4.69, 9.17) is 4.74 Å².